The molecule has 0 spiro atoms. The van der Waals surface area contributed by atoms with Gasteiger partial charge >= 0.3 is 12.1 Å². The van der Waals surface area contributed by atoms with Gasteiger partial charge in [0.25, 0.3) is 0 Å². The second-order valence-corrected chi connectivity index (χ2v) is 6.31. The number of carbonyl (C=O) groups is 3. The van der Waals surface area contributed by atoms with Crippen molar-refractivity contribution in [2.24, 2.45) is 0 Å². The van der Waals surface area contributed by atoms with Crippen LogP contribution in [-0.2, 0) is 27.4 Å². The van der Waals surface area contributed by atoms with Crippen molar-refractivity contribution in [1.29, 1.82) is 5.26 Å². The summed E-state index contributed by atoms with van der Waals surface area (Å²) >= 11 is 0. The number of aliphatic hydroxyl groups is 1. The predicted molar refractivity (Wildman–Crippen MR) is 105 cm³/mol. The Balaban J connectivity index is 1.96. The molecule has 9 nitrogen and oxygen atoms in total. The number of amides is 2. The van der Waals surface area contributed by atoms with E-state index < -0.39 is 36.7 Å². The third kappa shape index (κ3) is 6.61. The minimum absolute atomic E-state index is 0.0326. The van der Waals surface area contributed by atoms with E-state index in [1.807, 2.05) is 12.1 Å². The van der Waals surface area contributed by atoms with Crippen LogP contribution in [0.4, 0.5) is 4.79 Å². The number of carbonyl (C=O) groups excluding carboxylic acids is 2. The number of nitriles is 1. The molecule has 2 amide bonds. The summed E-state index contributed by atoms with van der Waals surface area (Å²) in [7, 11) is 0. The third-order valence-corrected chi connectivity index (χ3v) is 4.18. The van der Waals surface area contributed by atoms with Gasteiger partial charge in [0.2, 0.25) is 5.91 Å². The molecule has 0 heterocycles. The second-order valence-electron chi connectivity index (χ2n) is 6.31. The summed E-state index contributed by atoms with van der Waals surface area (Å²) in [6.45, 7) is -0.789. The fraction of sp³-hybridized carbons (Fsp3) is 0.238. The number of aliphatic carboxylic acids is 1. The lowest BCUT2D eigenvalue weighted by atomic mass is 10.0. The highest BCUT2D eigenvalue weighted by molar-refractivity contribution is 5.89. The smallest absolute Gasteiger partial charge is 0.408 e. The Labute approximate surface area is 172 Å². The molecule has 0 fully saturated rings. The van der Waals surface area contributed by atoms with Gasteiger partial charge in [0.05, 0.1) is 18.2 Å². The zero-order valence-electron chi connectivity index (χ0n) is 15.9. The first kappa shape index (κ1) is 22.4. The van der Waals surface area contributed by atoms with Gasteiger partial charge in [0.15, 0.2) is 0 Å². The molecule has 0 aromatic heterocycles. The Kier molecular flexibility index (Phi) is 8.35. The molecule has 30 heavy (non-hydrogen) atoms. The van der Waals surface area contributed by atoms with Crippen LogP contribution in [0.1, 0.15) is 16.7 Å². The molecule has 0 bridgehead atoms. The molecule has 9 heteroatoms. The summed E-state index contributed by atoms with van der Waals surface area (Å²) in [6.07, 6.45) is -1.07. The van der Waals surface area contributed by atoms with Gasteiger partial charge in [-0.25, -0.2) is 9.59 Å². The van der Waals surface area contributed by atoms with Crippen LogP contribution < -0.4 is 10.6 Å². The Hall–Kier alpha value is -3.90. The van der Waals surface area contributed by atoms with Crippen LogP contribution >= 0.6 is 0 Å². The number of rotatable bonds is 9. The number of hydrogen-bond acceptors (Lipinski definition) is 6. The molecular formula is C21H21N3O6. The zero-order valence-corrected chi connectivity index (χ0v) is 15.9. The molecule has 0 unspecified atom stereocenters. The van der Waals surface area contributed by atoms with E-state index in [4.69, 9.17) is 10.00 Å². The van der Waals surface area contributed by atoms with Crippen LogP contribution in [0.3, 0.4) is 0 Å². The van der Waals surface area contributed by atoms with E-state index in [0.717, 1.165) is 5.56 Å². The van der Waals surface area contributed by atoms with Gasteiger partial charge in [0, 0.05) is 6.42 Å². The van der Waals surface area contributed by atoms with Crippen molar-refractivity contribution in [3.05, 3.63) is 71.3 Å². The van der Waals surface area contributed by atoms with Crippen molar-refractivity contribution in [1.82, 2.24) is 10.6 Å². The first-order valence-electron chi connectivity index (χ1n) is 9.03. The lowest BCUT2D eigenvalue weighted by molar-refractivity contribution is -0.142. The summed E-state index contributed by atoms with van der Waals surface area (Å²) in [5, 5.41) is 32.5. The van der Waals surface area contributed by atoms with Gasteiger partial charge in [-0.05, 0) is 17.2 Å². The summed E-state index contributed by atoms with van der Waals surface area (Å²) in [5.74, 6) is -2.21. The topological polar surface area (TPSA) is 149 Å². The molecule has 0 aliphatic carbocycles. The number of nitrogens with zero attached hydrogens (tertiary/aromatic N) is 1. The molecule has 0 aliphatic rings. The quantitative estimate of drug-likeness (QED) is 0.480. The number of benzene rings is 2. The van der Waals surface area contributed by atoms with Crippen LogP contribution in [0.15, 0.2) is 54.6 Å². The summed E-state index contributed by atoms with van der Waals surface area (Å²) < 4.78 is 5.00. The number of carboxylic acid groups (broad SMARTS) is 1. The Morgan fingerprint density at radius 3 is 2.30 bits per heavy atom. The van der Waals surface area contributed by atoms with E-state index in [-0.39, 0.29) is 13.0 Å². The van der Waals surface area contributed by atoms with Crippen molar-refractivity contribution in [3.63, 3.8) is 0 Å². The van der Waals surface area contributed by atoms with Gasteiger partial charge in [-0.1, -0.05) is 48.5 Å². The fourth-order valence-corrected chi connectivity index (χ4v) is 2.60. The van der Waals surface area contributed by atoms with Crippen molar-refractivity contribution < 1.29 is 29.3 Å². The zero-order chi connectivity index (χ0) is 21.9. The van der Waals surface area contributed by atoms with E-state index in [9.17, 15) is 24.6 Å². The standard InChI is InChI=1S/C21H21N3O6/c22-11-16-9-5-4-8-15(16)10-17(20(27)28)23-19(26)18(12-25)24-21(29)30-13-14-6-2-1-3-7-14/h1-9,17-18,25H,10,12-13H2,(H,23,26)(H,24,29)(H,27,28)/t17-,18-/m0/s1. The SMILES string of the molecule is N#Cc1ccccc1C[C@H](NC(=O)[C@H](CO)NC(=O)OCc1ccccc1)C(=O)O. The number of hydrogen-bond donors (Lipinski definition) is 4. The number of alkyl carbamates (subject to hydrolysis) is 1. The number of ether oxygens (including phenoxy) is 1. The van der Waals surface area contributed by atoms with Crippen molar-refractivity contribution >= 4 is 18.0 Å². The maximum Gasteiger partial charge on any atom is 0.408 e. The molecule has 2 aromatic carbocycles. The molecule has 0 radical (unpaired) electrons. The molecular weight excluding hydrogens is 390 g/mol. The maximum atomic E-state index is 12.4. The minimum Gasteiger partial charge on any atom is -0.480 e. The highest BCUT2D eigenvalue weighted by Gasteiger charge is 2.27. The number of nitrogens with one attached hydrogen (secondary N) is 2. The largest absolute Gasteiger partial charge is 0.480 e. The number of carboxylic acids is 1. The molecule has 156 valence electrons. The van der Waals surface area contributed by atoms with Gasteiger partial charge in [-0.2, -0.15) is 5.26 Å². The first-order valence-corrected chi connectivity index (χ1v) is 9.03. The van der Waals surface area contributed by atoms with Gasteiger partial charge in [-0.3, -0.25) is 4.79 Å². The minimum atomic E-state index is -1.40. The molecule has 0 saturated carbocycles. The van der Waals surface area contributed by atoms with Gasteiger partial charge in [0.1, 0.15) is 18.7 Å². The molecule has 2 aromatic rings. The molecule has 4 N–H and O–H groups in total. The van der Waals surface area contributed by atoms with Crippen LogP contribution in [0.25, 0.3) is 0 Å². The van der Waals surface area contributed by atoms with Crippen molar-refractivity contribution in [2.75, 3.05) is 6.61 Å². The van der Waals surface area contributed by atoms with Gasteiger partial charge in [-0.15, -0.1) is 0 Å². The van der Waals surface area contributed by atoms with E-state index in [2.05, 4.69) is 10.6 Å². The van der Waals surface area contributed by atoms with E-state index in [1.54, 1.807) is 42.5 Å². The van der Waals surface area contributed by atoms with Crippen LogP contribution in [-0.4, -0.2) is 46.9 Å². The van der Waals surface area contributed by atoms with Crippen molar-refractivity contribution in [2.45, 2.75) is 25.1 Å². The number of aliphatic hydroxyl groups excluding tert-OH is 1. The molecule has 2 atom stereocenters. The Morgan fingerprint density at radius 2 is 1.67 bits per heavy atom. The monoisotopic (exact) mass is 411 g/mol. The predicted octanol–water partition coefficient (Wildman–Crippen LogP) is 0.957. The highest BCUT2D eigenvalue weighted by Crippen LogP contribution is 2.10. The van der Waals surface area contributed by atoms with Crippen LogP contribution in [0.5, 0.6) is 0 Å². The van der Waals surface area contributed by atoms with E-state index in [1.165, 1.54) is 6.07 Å². The van der Waals surface area contributed by atoms with Gasteiger partial charge < -0.3 is 25.6 Å². The van der Waals surface area contributed by atoms with E-state index in [0.29, 0.717) is 11.1 Å². The summed E-state index contributed by atoms with van der Waals surface area (Å²) in [6, 6.07) is 14.5. The molecule has 0 saturated heterocycles. The van der Waals surface area contributed by atoms with Crippen LogP contribution in [0.2, 0.25) is 0 Å². The fourth-order valence-electron chi connectivity index (χ4n) is 2.60. The summed E-state index contributed by atoms with van der Waals surface area (Å²) in [4.78, 5) is 35.8. The molecule has 0 aliphatic heterocycles. The first-order chi connectivity index (χ1) is 14.4. The lowest BCUT2D eigenvalue weighted by Gasteiger charge is -2.20. The molecule has 2 rings (SSSR count). The van der Waals surface area contributed by atoms with E-state index >= 15 is 0 Å². The highest BCUT2D eigenvalue weighted by atomic mass is 16.5. The third-order valence-electron chi connectivity index (χ3n) is 4.18. The maximum absolute atomic E-state index is 12.4. The average Bonchev–Trinajstić information content (AvgIpc) is 2.76. The lowest BCUT2D eigenvalue weighted by Crippen LogP contribution is -2.53. The Bertz CT molecular complexity index is 926. The summed E-state index contributed by atoms with van der Waals surface area (Å²) in [5.41, 5.74) is 1.47. The average molecular weight is 411 g/mol. The Morgan fingerprint density at radius 1 is 1.00 bits per heavy atom. The normalized spacial score (nSPS) is 12.1. The second kappa shape index (κ2) is 11.2. The van der Waals surface area contributed by atoms with Crippen LogP contribution in [0, 0.1) is 11.3 Å². The van der Waals surface area contributed by atoms with Crippen molar-refractivity contribution in [3.8, 4) is 6.07 Å².